The number of para-hydroxylation sites is 3. The Hall–Kier alpha value is -10.4. The molecule has 14 nitrogen and oxygen atoms in total. The Morgan fingerprint density at radius 2 is 0.568 bits per heavy atom. The van der Waals surface area contributed by atoms with Gasteiger partial charge in [0, 0.05) is 153 Å². The van der Waals surface area contributed by atoms with Gasteiger partial charge in [-0.15, -0.1) is 228 Å². The van der Waals surface area contributed by atoms with E-state index in [-0.39, 0.29) is 157 Å². The summed E-state index contributed by atoms with van der Waals surface area (Å²) >= 11 is 0. The van der Waals surface area contributed by atoms with Crippen LogP contribution in [-0.2, 0) is 130 Å². The van der Waals surface area contributed by atoms with E-state index in [9.17, 15) is 0 Å². The first-order chi connectivity index (χ1) is 68.7. The number of nitrogens with zero attached hydrogens (tertiary/aromatic N) is 8. The molecule has 0 spiro atoms. The number of aliphatic hydroxyl groups is 4. The second-order valence-electron chi connectivity index (χ2n) is 33.9. The normalized spacial score (nSPS) is 11.2. The predicted octanol–water partition coefficient (Wildman–Crippen LogP) is 30.4. The molecular formula is C128H134Ir6N8O6-8. The van der Waals surface area contributed by atoms with Gasteiger partial charge in [0.25, 0.3) is 0 Å². The van der Waals surface area contributed by atoms with Crippen LogP contribution in [0.4, 0.5) is 0 Å². The van der Waals surface area contributed by atoms with E-state index in [0.29, 0.717) is 37.5 Å². The van der Waals surface area contributed by atoms with Gasteiger partial charge in [0.1, 0.15) is 0 Å². The number of ether oxygens (including phenoxy) is 2. The number of pyridine rings is 4. The summed E-state index contributed by atoms with van der Waals surface area (Å²) in [7, 11) is 6.25. The maximum atomic E-state index is 8.30. The molecule has 148 heavy (non-hydrogen) atoms. The van der Waals surface area contributed by atoms with Crippen molar-refractivity contribution in [2.75, 3.05) is 0 Å². The molecule has 0 aliphatic rings. The minimum atomic E-state index is -0.227. The van der Waals surface area contributed by atoms with Gasteiger partial charge in [0.15, 0.2) is 0 Å². The molecule has 4 radical (unpaired) electrons. The fourth-order valence-electron chi connectivity index (χ4n) is 13.4. The summed E-state index contributed by atoms with van der Waals surface area (Å²) in [6.07, 6.45) is 13.2. The largest absolute Gasteiger partial charge is 3.00 e. The minimum Gasteiger partial charge on any atom is -0.578 e. The first-order valence-corrected chi connectivity index (χ1v) is 47.7. The summed E-state index contributed by atoms with van der Waals surface area (Å²) in [5, 5.41) is 40.3. The van der Waals surface area contributed by atoms with Crippen molar-refractivity contribution in [1.29, 1.82) is 0 Å². The van der Waals surface area contributed by atoms with E-state index >= 15 is 0 Å². The fraction of sp³-hybridized carbons (Fsp3) is 0.188. The molecule has 6 aromatic heterocycles. The average Bonchev–Trinajstić information content (AvgIpc) is 1.45. The Kier molecular flexibility index (Phi) is 67.3. The first kappa shape index (κ1) is 134. The number of hydrogen-bond donors (Lipinski definition) is 4. The standard InChI is InChI=1S/C27H27N2.C17H15N2.4C15H10N.2C4H8O.4C4H9O.6Ir/c1-19(2)24-17-23(21-11-7-5-8-12-21)18-25(20(3)4)26(24)29-16-15-28-27(29)22-13-9-6-10-14-22;1-13-7-6-8-14(2)16(13)19-12-11-18-17(19)15-9-4-3-5-10-15;2*1-2-6-12(7-3-1)15-10-13-8-4-5-9-14(13)11-16-15;2*1-2-6-12(7-3-1)15-11-10-13-8-4-5-9-14(13)16-15;2*1-4(2)5-3;4*1-3-4(2)5;;;;;;/h5-13,15-20H,1-4H3;3-9,11-12H,1-2H3;4*1-6,8-11H;2*4H,1,3H2,2H3;4*4-5H,1,3H2,2H3;;;;;;/q6*-1;2*-2;4*-1;;;;;2*+3. The van der Waals surface area contributed by atoms with Gasteiger partial charge in [-0.3, -0.25) is 19.9 Å². The summed E-state index contributed by atoms with van der Waals surface area (Å²) in [4.78, 5) is 27.3. The maximum Gasteiger partial charge on any atom is 3.00 e. The molecule has 0 amide bonds. The van der Waals surface area contributed by atoms with Crippen molar-refractivity contribution in [3.05, 3.63) is 491 Å². The minimum absolute atomic E-state index is 0. The zero-order chi connectivity index (χ0) is 103. The van der Waals surface area contributed by atoms with E-state index in [1.807, 2.05) is 257 Å². The molecule has 784 valence electrons. The van der Waals surface area contributed by atoms with Crippen LogP contribution in [0.1, 0.15) is 129 Å². The predicted molar refractivity (Wildman–Crippen MR) is 592 cm³/mol. The van der Waals surface area contributed by atoms with Crippen molar-refractivity contribution >= 4 is 43.4 Å². The Labute approximate surface area is 962 Å². The van der Waals surface area contributed by atoms with Gasteiger partial charge < -0.3 is 90.5 Å². The molecule has 0 fully saturated rings. The van der Waals surface area contributed by atoms with Crippen LogP contribution >= 0.6 is 0 Å². The van der Waals surface area contributed by atoms with Gasteiger partial charge in [-0.2, -0.15) is 25.7 Å². The molecule has 0 aliphatic heterocycles. The first-order valence-electron chi connectivity index (χ1n) is 47.7. The third-order valence-corrected chi connectivity index (χ3v) is 21.3. The van der Waals surface area contributed by atoms with Crippen molar-refractivity contribution in [3.8, 4) is 90.3 Å². The Morgan fingerprint density at radius 1 is 0.297 bits per heavy atom. The monoisotopic (exact) mass is 3040 g/mol. The van der Waals surface area contributed by atoms with E-state index in [1.165, 1.54) is 77.1 Å². The summed E-state index contributed by atoms with van der Waals surface area (Å²) in [6.45, 7) is 44.5. The van der Waals surface area contributed by atoms with E-state index in [0.717, 1.165) is 78.8 Å². The third kappa shape index (κ3) is 45.8. The summed E-state index contributed by atoms with van der Waals surface area (Å²) in [5.41, 5.74) is 22.2. The topological polar surface area (TPSA) is 187 Å². The van der Waals surface area contributed by atoms with Gasteiger partial charge >= 0.3 is 40.2 Å². The van der Waals surface area contributed by atoms with E-state index < -0.39 is 0 Å². The SMILES string of the molecule is CC(C)c1cc(-c2ccccc2)cc(C(C)C)c1-n1ccnc1-c1[c-]cccc1.Cc1cccc(C)c1-n1ccnc1-c1[c-]cccc1.[CH2-]CC(C)O.[CH2-]CC(C)O.[CH2-]CC(C)O.[CH2-]CC(C)O.[CH2-]OC([CH2-])C.[CH2-]OC([CH2-])C.[Ir+3].[Ir+3].[Ir].[Ir].[Ir].[Ir].[c-]1ccccc1-c1cc2ccccc2cn1.[c-]1ccccc1-c1cc2ccccc2cn1.[c-]1ccccc1-c1ccc2ccccc2n1.[c-]1ccccc1-c1ccc2ccccc2n1. The molecule has 0 bridgehead atoms. The molecule has 0 saturated carbocycles. The molecule has 0 saturated heterocycles. The second kappa shape index (κ2) is 74.5. The maximum absolute atomic E-state index is 8.30. The molecule has 6 atom stereocenters. The van der Waals surface area contributed by atoms with Crippen LogP contribution in [0.15, 0.2) is 377 Å². The number of aromatic nitrogens is 8. The van der Waals surface area contributed by atoms with Gasteiger partial charge in [0.2, 0.25) is 0 Å². The van der Waals surface area contributed by atoms with Crippen LogP contribution in [0.5, 0.6) is 0 Å². The zero-order valence-corrected chi connectivity index (χ0v) is 100. The Bertz CT molecular complexity index is 6180. The summed E-state index contributed by atoms with van der Waals surface area (Å²) in [5.74, 6) is 2.64. The molecule has 19 rings (SSSR count). The van der Waals surface area contributed by atoms with Crippen molar-refractivity contribution in [3.63, 3.8) is 0 Å². The van der Waals surface area contributed by atoms with Crippen LogP contribution < -0.4 is 0 Å². The molecule has 4 N–H and O–H groups in total. The van der Waals surface area contributed by atoms with Crippen molar-refractivity contribution in [2.45, 2.75) is 157 Å². The number of aliphatic hydroxyl groups excluding tert-OH is 4. The molecule has 19 aromatic rings. The molecule has 20 heteroatoms. The van der Waals surface area contributed by atoms with Crippen LogP contribution in [0.3, 0.4) is 0 Å². The van der Waals surface area contributed by atoms with Crippen molar-refractivity contribution in [1.82, 2.24) is 39.0 Å². The molecule has 6 unspecified atom stereocenters. The van der Waals surface area contributed by atoms with Gasteiger partial charge in [-0.05, 0) is 166 Å². The average molecular weight is 3030 g/mol. The molecule has 0 aliphatic carbocycles. The van der Waals surface area contributed by atoms with Crippen molar-refractivity contribution in [2.24, 2.45) is 0 Å². The van der Waals surface area contributed by atoms with Crippen LogP contribution in [0.2, 0.25) is 0 Å². The number of fused-ring (bicyclic) bond motifs is 4. The number of hydrogen-bond acceptors (Lipinski definition) is 12. The van der Waals surface area contributed by atoms with Gasteiger partial charge in [-0.1, -0.05) is 211 Å². The summed E-state index contributed by atoms with van der Waals surface area (Å²) in [6, 6.07) is 134. The van der Waals surface area contributed by atoms with Crippen molar-refractivity contribution < 1.29 is 151 Å². The smallest absolute Gasteiger partial charge is 0.578 e. The number of aryl methyl sites for hydroxylation is 2. The molecule has 13 aromatic carbocycles. The second-order valence-corrected chi connectivity index (χ2v) is 33.9. The summed E-state index contributed by atoms with van der Waals surface area (Å²) < 4.78 is 13.2. The molecular weight excluding hydrogens is 2900 g/mol. The fourth-order valence-corrected chi connectivity index (χ4v) is 13.4. The molecule has 6 heterocycles. The van der Waals surface area contributed by atoms with E-state index in [2.05, 4.69) is 316 Å². The van der Waals surface area contributed by atoms with E-state index in [1.54, 1.807) is 27.7 Å². The van der Waals surface area contributed by atoms with E-state index in [4.69, 9.17) is 20.4 Å². The Balaban J connectivity index is 0.000000569. The van der Waals surface area contributed by atoms with Gasteiger partial charge in [0.05, 0.1) is 22.7 Å². The quantitative estimate of drug-likeness (QED) is 0.0633. The number of benzene rings is 13. The van der Waals surface area contributed by atoms with Gasteiger partial charge in [-0.25, -0.2) is 14.2 Å². The Morgan fingerprint density at radius 3 is 0.858 bits per heavy atom. The number of rotatable bonds is 17. The van der Waals surface area contributed by atoms with Crippen LogP contribution in [-0.4, -0.2) is 96.1 Å². The third-order valence-electron chi connectivity index (χ3n) is 21.3. The number of imidazole rings is 2. The van der Waals surface area contributed by atoms with Crippen LogP contribution in [0.25, 0.3) is 134 Å². The van der Waals surface area contributed by atoms with Crippen LogP contribution in [0, 0.1) is 106 Å². The zero-order valence-electron chi connectivity index (χ0n) is 86.1.